The highest BCUT2D eigenvalue weighted by molar-refractivity contribution is 7.19. The number of nitrogens with one attached hydrogen (secondary N) is 1. The van der Waals surface area contributed by atoms with Crippen LogP contribution < -0.4 is 10.2 Å². The molecule has 0 unspecified atom stereocenters. The largest absolute Gasteiger partial charge is 0.345 e. The number of hydrogen-bond acceptors (Lipinski definition) is 9. The van der Waals surface area contributed by atoms with Crippen molar-refractivity contribution in [3.8, 4) is 21.8 Å². The first kappa shape index (κ1) is 32.0. The van der Waals surface area contributed by atoms with Gasteiger partial charge in [-0.2, -0.15) is 0 Å². The third kappa shape index (κ3) is 7.28. The molecule has 246 valence electrons. The van der Waals surface area contributed by atoms with Gasteiger partial charge in [0.25, 0.3) is 0 Å². The maximum absolute atomic E-state index is 14.4. The van der Waals surface area contributed by atoms with Crippen molar-refractivity contribution < 1.29 is 13.6 Å². The van der Waals surface area contributed by atoms with Crippen molar-refractivity contribution in [2.75, 3.05) is 56.5 Å². The number of likely N-dealkylation sites (N-methyl/N-ethyl adjacent to an activating group) is 1. The summed E-state index contributed by atoms with van der Waals surface area (Å²) in [5.41, 5.74) is 4.55. The Morgan fingerprint density at radius 3 is 2.38 bits per heavy atom. The fourth-order valence-electron chi connectivity index (χ4n) is 6.30. The molecule has 2 fully saturated rings. The summed E-state index contributed by atoms with van der Waals surface area (Å²) < 4.78 is 28.7. The van der Waals surface area contributed by atoms with Crippen molar-refractivity contribution in [2.45, 2.75) is 25.8 Å². The minimum Gasteiger partial charge on any atom is -0.345 e. The molecule has 2 saturated heterocycles. The average molecular weight is 666 g/mol. The van der Waals surface area contributed by atoms with Crippen LogP contribution in [0.2, 0.25) is 0 Å². The lowest BCUT2D eigenvalue weighted by molar-refractivity contribution is 0.0985. The second-order valence-corrected chi connectivity index (χ2v) is 13.4. The number of thiazole rings is 1. The first-order valence-electron chi connectivity index (χ1n) is 16.3. The van der Waals surface area contributed by atoms with Crippen molar-refractivity contribution in [1.82, 2.24) is 24.8 Å². The Morgan fingerprint density at radius 1 is 0.854 bits per heavy atom. The molecule has 1 N–H and O–H groups in total. The molecule has 0 bridgehead atoms. The number of piperazine rings is 1. The Bertz CT molecular complexity index is 1900. The van der Waals surface area contributed by atoms with Gasteiger partial charge in [0.1, 0.15) is 11.6 Å². The Kier molecular flexibility index (Phi) is 9.51. The Labute approximate surface area is 283 Å². The zero-order chi connectivity index (χ0) is 33.0. The Hall–Kier alpha value is -4.58. The van der Waals surface area contributed by atoms with Gasteiger partial charge in [-0.1, -0.05) is 47.7 Å². The van der Waals surface area contributed by atoms with Crippen molar-refractivity contribution in [1.29, 1.82) is 0 Å². The Balaban J connectivity index is 1.19. The van der Waals surface area contributed by atoms with Gasteiger partial charge < -0.3 is 15.1 Å². The third-order valence-electron chi connectivity index (χ3n) is 8.87. The van der Waals surface area contributed by atoms with Gasteiger partial charge in [-0.3, -0.25) is 9.69 Å². The second kappa shape index (κ2) is 14.3. The van der Waals surface area contributed by atoms with E-state index in [2.05, 4.69) is 50.2 Å². The van der Waals surface area contributed by atoms with Crippen molar-refractivity contribution in [3.05, 3.63) is 107 Å². The van der Waals surface area contributed by atoms with Gasteiger partial charge in [-0.15, -0.1) is 0 Å². The number of halogens is 2. The molecule has 0 saturated carbocycles. The van der Waals surface area contributed by atoms with E-state index in [4.69, 9.17) is 9.97 Å². The van der Waals surface area contributed by atoms with Crippen molar-refractivity contribution in [3.63, 3.8) is 0 Å². The number of nitrogens with zero attached hydrogens (tertiary/aromatic N) is 6. The molecule has 2 aromatic heterocycles. The lowest BCUT2D eigenvalue weighted by atomic mass is 9.99. The molecular formula is C37H37F2N7OS. The molecule has 0 spiro atoms. The number of aromatic nitrogens is 3. The van der Waals surface area contributed by atoms with Crippen LogP contribution in [-0.4, -0.2) is 76.9 Å². The van der Waals surface area contributed by atoms with Crippen molar-refractivity contribution >= 4 is 33.9 Å². The van der Waals surface area contributed by atoms with Crippen LogP contribution in [0.1, 0.15) is 34.3 Å². The lowest BCUT2D eigenvalue weighted by Gasteiger charge is -2.32. The molecule has 2 aliphatic heterocycles. The summed E-state index contributed by atoms with van der Waals surface area (Å²) >= 11 is 1.58. The first-order chi connectivity index (χ1) is 23.4. The summed E-state index contributed by atoms with van der Waals surface area (Å²) in [5, 5.41) is 4.29. The molecule has 7 rings (SSSR count). The van der Waals surface area contributed by atoms with E-state index < -0.39 is 23.0 Å². The van der Waals surface area contributed by atoms with E-state index in [0.717, 1.165) is 90.6 Å². The van der Waals surface area contributed by atoms with Gasteiger partial charge >= 0.3 is 0 Å². The minimum absolute atomic E-state index is 0.144. The van der Waals surface area contributed by atoms with Crippen LogP contribution in [0.3, 0.4) is 0 Å². The van der Waals surface area contributed by atoms with E-state index in [1.165, 1.54) is 24.5 Å². The number of carbonyl (C=O) groups excluding carboxylic acids is 1. The monoisotopic (exact) mass is 665 g/mol. The van der Waals surface area contributed by atoms with E-state index in [1.54, 1.807) is 23.6 Å². The second-order valence-electron chi connectivity index (χ2n) is 12.4. The molecule has 0 atom stereocenters. The number of benzene rings is 3. The molecule has 0 amide bonds. The molecule has 5 aromatic rings. The van der Waals surface area contributed by atoms with Crippen LogP contribution in [0, 0.1) is 11.6 Å². The van der Waals surface area contributed by atoms with Crippen LogP contribution in [0.5, 0.6) is 0 Å². The molecule has 0 aliphatic carbocycles. The zero-order valence-electron chi connectivity index (χ0n) is 26.8. The summed E-state index contributed by atoms with van der Waals surface area (Å²) in [6, 6.07) is 21.2. The molecule has 48 heavy (non-hydrogen) atoms. The number of carbonyl (C=O) groups is 1. The van der Waals surface area contributed by atoms with Crippen LogP contribution in [-0.2, 0) is 13.0 Å². The zero-order valence-corrected chi connectivity index (χ0v) is 27.6. The number of anilines is 3. The molecule has 11 heteroatoms. The maximum Gasteiger partial charge on any atom is 0.227 e. The smallest absolute Gasteiger partial charge is 0.227 e. The quantitative estimate of drug-likeness (QED) is 0.159. The molecule has 8 nitrogen and oxygen atoms in total. The summed E-state index contributed by atoms with van der Waals surface area (Å²) in [7, 11) is 2.12. The van der Waals surface area contributed by atoms with Gasteiger partial charge in [0, 0.05) is 56.6 Å². The summed E-state index contributed by atoms with van der Waals surface area (Å²) in [4.78, 5) is 35.5. The SMILES string of the molecule is CN1CCN(c2nc(-c3cccc(CC(=O)c4c(F)cccc4F)c3)c(-c3ccnc(Nc4cccc(CN5CCCC5)c4)n3)s2)CC1. The summed E-state index contributed by atoms with van der Waals surface area (Å²) in [5.74, 6) is -1.85. The predicted molar refractivity (Wildman–Crippen MR) is 187 cm³/mol. The molecule has 3 aromatic carbocycles. The number of hydrogen-bond donors (Lipinski definition) is 1. The number of rotatable bonds is 10. The normalized spacial score (nSPS) is 15.6. The molecule has 0 radical (unpaired) electrons. The van der Waals surface area contributed by atoms with E-state index >= 15 is 0 Å². The van der Waals surface area contributed by atoms with Crippen LogP contribution in [0.4, 0.5) is 25.5 Å². The average Bonchev–Trinajstić information content (AvgIpc) is 3.76. The van der Waals surface area contributed by atoms with Gasteiger partial charge in [-0.05, 0) is 80.5 Å². The van der Waals surface area contributed by atoms with E-state index in [9.17, 15) is 13.6 Å². The van der Waals surface area contributed by atoms with Crippen LogP contribution in [0.25, 0.3) is 21.8 Å². The Morgan fingerprint density at radius 2 is 1.58 bits per heavy atom. The highest BCUT2D eigenvalue weighted by Gasteiger charge is 2.24. The molecule has 2 aliphatic rings. The lowest BCUT2D eigenvalue weighted by Crippen LogP contribution is -2.44. The maximum atomic E-state index is 14.4. The highest BCUT2D eigenvalue weighted by atomic mass is 32.1. The van der Waals surface area contributed by atoms with Gasteiger partial charge in [0.05, 0.1) is 21.8 Å². The number of ketones is 1. The van der Waals surface area contributed by atoms with E-state index in [1.807, 2.05) is 30.3 Å². The molecular weight excluding hydrogens is 629 g/mol. The fraction of sp³-hybridized carbons (Fsp3) is 0.297. The number of likely N-dealkylation sites (tertiary alicyclic amines) is 1. The summed E-state index contributed by atoms with van der Waals surface area (Å²) in [6.07, 6.45) is 4.11. The molecule has 4 heterocycles. The van der Waals surface area contributed by atoms with Gasteiger partial charge in [0.2, 0.25) is 5.95 Å². The van der Waals surface area contributed by atoms with E-state index in [0.29, 0.717) is 11.5 Å². The minimum atomic E-state index is -0.860. The van der Waals surface area contributed by atoms with Crippen LogP contribution >= 0.6 is 11.3 Å². The number of Topliss-reactive ketones (excluding diaryl/α,β-unsaturated/α-hetero) is 1. The first-order valence-corrected chi connectivity index (χ1v) is 17.1. The van der Waals surface area contributed by atoms with Gasteiger partial charge in [-0.25, -0.2) is 23.7 Å². The standard InChI is InChI=1S/C37H37F2N7OS/c1-44-17-19-46(20-18-44)37-43-34(27-9-4-7-25(21-27)23-32(47)33-29(38)11-6-12-30(33)39)35(48-37)31-13-14-40-36(42-31)41-28-10-5-8-26(22-28)24-45-15-2-3-16-45/h4-14,21-22H,2-3,15-20,23-24H2,1H3,(H,40,41,42). The topological polar surface area (TPSA) is 77.5 Å². The van der Waals surface area contributed by atoms with Gasteiger partial charge in [0.15, 0.2) is 10.9 Å². The third-order valence-corrected chi connectivity index (χ3v) is 10.0. The predicted octanol–water partition coefficient (Wildman–Crippen LogP) is 7.06. The summed E-state index contributed by atoms with van der Waals surface area (Å²) in [6.45, 7) is 6.79. The fourth-order valence-corrected chi connectivity index (χ4v) is 7.41. The van der Waals surface area contributed by atoms with Crippen LogP contribution in [0.15, 0.2) is 79.0 Å². The van der Waals surface area contributed by atoms with Crippen molar-refractivity contribution in [2.24, 2.45) is 0 Å². The highest BCUT2D eigenvalue weighted by Crippen LogP contribution is 2.40. The van der Waals surface area contributed by atoms with E-state index in [-0.39, 0.29) is 6.42 Å².